The van der Waals surface area contributed by atoms with E-state index in [9.17, 15) is 0 Å². The molecule has 0 aliphatic carbocycles. The Morgan fingerprint density at radius 2 is 2.27 bits per heavy atom. The summed E-state index contributed by atoms with van der Waals surface area (Å²) >= 11 is 1.51. The van der Waals surface area contributed by atoms with Gasteiger partial charge < -0.3 is 9.83 Å². The molecule has 11 heavy (non-hydrogen) atoms. The molecule has 0 aromatic heterocycles. The van der Waals surface area contributed by atoms with Crippen LogP contribution in [0.15, 0.2) is 29.3 Å². The Labute approximate surface area is 69.1 Å². The molecule has 0 radical (unpaired) electrons. The third-order valence-corrected chi connectivity index (χ3v) is 2.32. The first-order valence-electron chi connectivity index (χ1n) is 3.28. The van der Waals surface area contributed by atoms with Gasteiger partial charge in [-0.1, -0.05) is 6.07 Å². The van der Waals surface area contributed by atoms with Crippen molar-refractivity contribution in [3.63, 3.8) is 0 Å². The van der Waals surface area contributed by atoms with E-state index in [4.69, 9.17) is 5.11 Å². The fourth-order valence-electron chi connectivity index (χ4n) is 0.970. The third kappa shape index (κ3) is 1.19. The molecule has 3 heteroatoms. The lowest BCUT2D eigenvalue weighted by Crippen LogP contribution is -1.96. The summed E-state index contributed by atoms with van der Waals surface area (Å²) in [5, 5.41) is 9.12. The van der Waals surface area contributed by atoms with Crippen LogP contribution < -0.4 is 4.72 Å². The second-order valence-corrected chi connectivity index (χ2v) is 3.16. The molecule has 0 saturated carbocycles. The molecule has 0 atom stereocenters. The van der Waals surface area contributed by atoms with Crippen molar-refractivity contribution in [3.05, 3.63) is 30.0 Å². The lowest BCUT2D eigenvalue weighted by atomic mass is 10.2. The zero-order chi connectivity index (χ0) is 7.68. The number of phenols is 1. The van der Waals surface area contributed by atoms with Crippen LogP contribution in [0.5, 0.6) is 5.75 Å². The molecule has 1 aromatic rings. The van der Waals surface area contributed by atoms with Crippen LogP contribution in [0.2, 0.25) is 0 Å². The van der Waals surface area contributed by atoms with Crippen molar-refractivity contribution in [2.75, 3.05) is 0 Å². The molecule has 56 valence electrons. The van der Waals surface area contributed by atoms with Gasteiger partial charge in [0.1, 0.15) is 5.75 Å². The fraction of sp³-hybridized carbons (Fsp3) is 0. The van der Waals surface area contributed by atoms with E-state index in [-0.39, 0.29) is 0 Å². The van der Waals surface area contributed by atoms with E-state index in [0.29, 0.717) is 5.75 Å². The first kappa shape index (κ1) is 6.61. The largest absolute Gasteiger partial charge is 0.508 e. The molecule has 1 aliphatic rings. The maximum absolute atomic E-state index is 9.12. The zero-order valence-corrected chi connectivity index (χ0v) is 6.56. The quantitative estimate of drug-likeness (QED) is 0.576. The van der Waals surface area contributed by atoms with Gasteiger partial charge >= 0.3 is 0 Å². The highest BCUT2D eigenvalue weighted by atomic mass is 32.2. The average Bonchev–Trinajstić information content (AvgIpc) is 2.04. The molecule has 1 aliphatic heterocycles. The van der Waals surface area contributed by atoms with Crippen molar-refractivity contribution in [1.82, 2.24) is 4.72 Å². The van der Waals surface area contributed by atoms with E-state index >= 15 is 0 Å². The van der Waals surface area contributed by atoms with Gasteiger partial charge in [-0.15, -0.1) is 0 Å². The van der Waals surface area contributed by atoms with Crippen molar-refractivity contribution in [1.29, 1.82) is 0 Å². The Kier molecular flexibility index (Phi) is 1.51. The highest BCUT2D eigenvalue weighted by Gasteiger charge is 2.04. The fourth-order valence-corrected chi connectivity index (χ4v) is 1.67. The molecule has 0 unspecified atom stereocenters. The summed E-state index contributed by atoms with van der Waals surface area (Å²) in [7, 11) is 0. The van der Waals surface area contributed by atoms with Crippen LogP contribution in [0.25, 0.3) is 6.08 Å². The normalized spacial score (nSPS) is 13.8. The Hall–Kier alpha value is -1.09. The van der Waals surface area contributed by atoms with Gasteiger partial charge in [-0.25, -0.2) is 0 Å². The summed E-state index contributed by atoms with van der Waals surface area (Å²) < 4.78 is 2.99. The van der Waals surface area contributed by atoms with Crippen LogP contribution in [-0.4, -0.2) is 5.11 Å². The van der Waals surface area contributed by atoms with Crippen molar-refractivity contribution < 1.29 is 5.11 Å². The number of hydrogen-bond donors (Lipinski definition) is 2. The van der Waals surface area contributed by atoms with Gasteiger partial charge in [0.15, 0.2) is 0 Å². The minimum absolute atomic E-state index is 0.313. The molecule has 2 nitrogen and oxygen atoms in total. The standard InChI is InChI=1S/C8H7NOS/c10-7-2-1-6-3-4-9-11-8(6)5-7/h1-5,9-10H. The van der Waals surface area contributed by atoms with Crippen LogP contribution in [0.1, 0.15) is 5.56 Å². The van der Waals surface area contributed by atoms with Crippen LogP contribution in [0.4, 0.5) is 0 Å². The summed E-state index contributed by atoms with van der Waals surface area (Å²) in [5.41, 5.74) is 1.14. The predicted molar refractivity (Wildman–Crippen MR) is 46.1 cm³/mol. The maximum atomic E-state index is 9.12. The summed E-state index contributed by atoms with van der Waals surface area (Å²) in [6, 6.07) is 5.33. The Morgan fingerprint density at radius 1 is 1.36 bits per heavy atom. The van der Waals surface area contributed by atoms with E-state index in [1.807, 2.05) is 18.3 Å². The lowest BCUT2D eigenvalue weighted by Gasteiger charge is -2.09. The predicted octanol–water partition coefficient (Wildman–Crippen LogP) is 1.97. The molecule has 0 saturated heterocycles. The Bertz CT molecular complexity index is 309. The number of hydrogen-bond acceptors (Lipinski definition) is 3. The second kappa shape index (κ2) is 2.51. The van der Waals surface area contributed by atoms with Crippen molar-refractivity contribution in [2.24, 2.45) is 0 Å². The summed E-state index contributed by atoms with van der Waals surface area (Å²) in [5.74, 6) is 0.313. The van der Waals surface area contributed by atoms with Crippen molar-refractivity contribution >= 4 is 18.0 Å². The minimum Gasteiger partial charge on any atom is -0.508 e. The van der Waals surface area contributed by atoms with E-state index < -0.39 is 0 Å². The van der Waals surface area contributed by atoms with Gasteiger partial charge in [-0.2, -0.15) is 0 Å². The lowest BCUT2D eigenvalue weighted by molar-refractivity contribution is 0.473. The van der Waals surface area contributed by atoms with E-state index in [1.54, 1.807) is 12.1 Å². The molecule has 0 spiro atoms. The smallest absolute Gasteiger partial charge is 0.116 e. The van der Waals surface area contributed by atoms with Gasteiger partial charge in [0.2, 0.25) is 0 Å². The summed E-state index contributed by atoms with van der Waals surface area (Å²) in [6.45, 7) is 0. The Balaban J connectivity index is 2.53. The maximum Gasteiger partial charge on any atom is 0.116 e. The molecule has 0 amide bonds. The average molecular weight is 165 g/mol. The van der Waals surface area contributed by atoms with Gasteiger partial charge in [-0.05, 0) is 35.7 Å². The minimum atomic E-state index is 0.313. The molecular formula is C8H7NOS. The monoisotopic (exact) mass is 165 g/mol. The van der Waals surface area contributed by atoms with Crippen LogP contribution >= 0.6 is 11.9 Å². The highest BCUT2D eigenvalue weighted by Crippen LogP contribution is 2.28. The van der Waals surface area contributed by atoms with Crippen molar-refractivity contribution in [3.8, 4) is 5.75 Å². The number of rotatable bonds is 0. The molecule has 0 bridgehead atoms. The van der Waals surface area contributed by atoms with Crippen molar-refractivity contribution in [2.45, 2.75) is 4.90 Å². The second-order valence-electron chi connectivity index (χ2n) is 2.28. The SMILES string of the molecule is Oc1ccc2c(c1)SNC=C2. The molecule has 1 aromatic carbocycles. The number of phenolic OH excluding ortho intramolecular Hbond substituents is 1. The van der Waals surface area contributed by atoms with Gasteiger partial charge in [0.25, 0.3) is 0 Å². The summed E-state index contributed by atoms with van der Waals surface area (Å²) in [4.78, 5) is 1.06. The van der Waals surface area contributed by atoms with Gasteiger partial charge in [0.05, 0.1) is 0 Å². The zero-order valence-electron chi connectivity index (χ0n) is 5.74. The molecule has 2 rings (SSSR count). The topological polar surface area (TPSA) is 32.3 Å². The Morgan fingerprint density at radius 3 is 3.18 bits per heavy atom. The number of nitrogens with one attached hydrogen (secondary N) is 1. The number of benzene rings is 1. The van der Waals surface area contributed by atoms with Gasteiger partial charge in [0, 0.05) is 11.1 Å². The third-order valence-electron chi connectivity index (χ3n) is 1.50. The molecule has 0 fully saturated rings. The molecule has 1 heterocycles. The van der Waals surface area contributed by atoms with E-state index in [1.165, 1.54) is 11.9 Å². The van der Waals surface area contributed by atoms with E-state index in [0.717, 1.165) is 10.5 Å². The first-order valence-corrected chi connectivity index (χ1v) is 4.10. The highest BCUT2D eigenvalue weighted by molar-refractivity contribution is 7.97. The van der Waals surface area contributed by atoms with Crippen LogP contribution in [-0.2, 0) is 0 Å². The first-order chi connectivity index (χ1) is 5.36. The molecular weight excluding hydrogens is 158 g/mol. The van der Waals surface area contributed by atoms with Crippen LogP contribution in [0, 0.1) is 0 Å². The van der Waals surface area contributed by atoms with Crippen LogP contribution in [0.3, 0.4) is 0 Å². The number of aromatic hydroxyl groups is 1. The molecule has 2 N–H and O–H groups in total. The number of fused-ring (bicyclic) bond motifs is 1. The summed E-state index contributed by atoms with van der Waals surface area (Å²) in [6.07, 6.45) is 3.86. The van der Waals surface area contributed by atoms with Gasteiger partial charge in [-0.3, -0.25) is 0 Å². The van der Waals surface area contributed by atoms with E-state index in [2.05, 4.69) is 4.72 Å².